The fourth-order valence-corrected chi connectivity index (χ4v) is 5.96. The Bertz CT molecular complexity index is 1580. The average Bonchev–Trinajstić information content (AvgIpc) is 3.42. The van der Waals surface area contributed by atoms with Crippen LogP contribution in [0.2, 0.25) is 0 Å². The van der Waals surface area contributed by atoms with Crippen molar-refractivity contribution in [2.24, 2.45) is 0 Å². The predicted octanol–water partition coefficient (Wildman–Crippen LogP) is 7.90. The number of nitrogens with one attached hydrogen (secondary N) is 4. The molecule has 5 rings (SSSR count). The number of carbonyl (C=O) groups is 2. The number of anilines is 4. The monoisotopic (exact) mass is 774 g/mol. The summed E-state index contributed by atoms with van der Waals surface area (Å²) < 4.78 is 1.63. The lowest BCUT2D eigenvalue weighted by molar-refractivity contribution is 0.246. The van der Waals surface area contributed by atoms with E-state index in [-0.39, 0.29) is 5.50 Å². The van der Waals surface area contributed by atoms with Gasteiger partial charge >= 0.3 is 12.1 Å². The summed E-state index contributed by atoms with van der Waals surface area (Å²) in [7, 11) is 0. The summed E-state index contributed by atoms with van der Waals surface area (Å²) >= 11 is 5.89. The average molecular weight is 774 g/mol. The number of halogens is 2. The number of hydrogen-bond acceptors (Lipinski definition) is 6. The van der Waals surface area contributed by atoms with Crippen molar-refractivity contribution in [1.82, 2.24) is 10.3 Å². The van der Waals surface area contributed by atoms with Gasteiger partial charge in [-0.2, -0.15) is 0 Å². The van der Waals surface area contributed by atoms with Crippen LogP contribution in [0.1, 0.15) is 11.1 Å². The maximum absolute atomic E-state index is 13.6. The Morgan fingerprint density at radius 1 is 0.900 bits per heavy atom. The lowest BCUT2D eigenvalue weighted by Crippen LogP contribution is -2.43. The van der Waals surface area contributed by atoms with Gasteiger partial charge < -0.3 is 21.3 Å². The van der Waals surface area contributed by atoms with Crippen LogP contribution in [-0.2, 0) is 0 Å². The van der Waals surface area contributed by atoms with Crippen LogP contribution in [-0.4, -0.2) is 22.5 Å². The highest BCUT2D eigenvalue weighted by Crippen LogP contribution is 2.31. The summed E-state index contributed by atoms with van der Waals surface area (Å²) in [5, 5.41) is 14.8. The molecule has 4 aromatic rings. The van der Waals surface area contributed by atoms with Crippen LogP contribution in [0.5, 0.6) is 0 Å². The fourth-order valence-electron chi connectivity index (χ4n) is 3.94. The number of amides is 4. The second-order valence-electron chi connectivity index (χ2n) is 8.73. The maximum atomic E-state index is 13.6. The van der Waals surface area contributed by atoms with Gasteiger partial charge in [-0.05, 0) is 112 Å². The molecule has 0 saturated heterocycles. The fraction of sp³-hybridized carbons (Fsp3) is 0.0690. The van der Waals surface area contributed by atoms with Crippen LogP contribution in [0.4, 0.5) is 32.3 Å². The van der Waals surface area contributed by atoms with E-state index >= 15 is 0 Å². The largest absolute Gasteiger partial charge is 0.356 e. The van der Waals surface area contributed by atoms with E-state index in [9.17, 15) is 9.59 Å². The van der Waals surface area contributed by atoms with Gasteiger partial charge in [-0.25, -0.2) is 14.5 Å². The Morgan fingerprint density at radius 2 is 1.65 bits per heavy atom. The van der Waals surface area contributed by atoms with Crippen molar-refractivity contribution in [3.8, 4) is 0 Å². The zero-order chi connectivity index (χ0) is 28.1. The van der Waals surface area contributed by atoms with Crippen LogP contribution < -0.4 is 26.2 Å². The van der Waals surface area contributed by atoms with Gasteiger partial charge in [0.05, 0.1) is 17.1 Å². The van der Waals surface area contributed by atoms with Gasteiger partial charge in [-0.15, -0.1) is 0 Å². The minimum Gasteiger partial charge on any atom is -0.356 e. The van der Waals surface area contributed by atoms with Gasteiger partial charge in [-0.3, -0.25) is 4.98 Å². The maximum Gasteiger partial charge on any atom is 0.334 e. The highest BCUT2D eigenvalue weighted by atomic mass is 127. The van der Waals surface area contributed by atoms with Crippen molar-refractivity contribution < 1.29 is 9.59 Å². The standard InChI is InChI=1S/C29H24I2N6O2S/c1-18-12-13-20(15-24(18)34-27-35-25(17-40-27)19-7-6-14-32-16-19)33-28(38)37(26-11-5-3-9-22(26)31)29(39)36-23-10-4-2-8-21(23)30/h2-17,27,34-35H,1H3,(H,33,38)(H,36,39). The molecule has 0 spiro atoms. The van der Waals surface area contributed by atoms with Crippen molar-refractivity contribution in [1.29, 1.82) is 0 Å². The Morgan fingerprint density at radius 3 is 2.40 bits per heavy atom. The van der Waals surface area contributed by atoms with Crippen molar-refractivity contribution in [2.75, 3.05) is 20.9 Å². The first kappa shape index (κ1) is 28.2. The van der Waals surface area contributed by atoms with E-state index < -0.39 is 12.1 Å². The number of urea groups is 2. The molecule has 202 valence electrons. The van der Waals surface area contributed by atoms with Gasteiger partial charge in [0.1, 0.15) is 5.50 Å². The summed E-state index contributed by atoms with van der Waals surface area (Å²) in [5.41, 5.74) is 5.44. The lowest BCUT2D eigenvalue weighted by atomic mass is 10.2. The molecule has 1 aliphatic heterocycles. The van der Waals surface area contributed by atoms with E-state index in [1.807, 2.05) is 73.8 Å². The van der Waals surface area contributed by atoms with E-state index in [0.29, 0.717) is 17.1 Å². The third-order valence-electron chi connectivity index (χ3n) is 5.97. The molecule has 0 radical (unpaired) electrons. The van der Waals surface area contributed by atoms with Gasteiger partial charge in [0, 0.05) is 36.5 Å². The molecular formula is C29H24I2N6O2S. The number of thioether (sulfide) groups is 1. The molecule has 0 fully saturated rings. The van der Waals surface area contributed by atoms with Gasteiger partial charge in [0.15, 0.2) is 0 Å². The molecule has 3 aromatic carbocycles. The number of para-hydroxylation sites is 2. The van der Waals surface area contributed by atoms with E-state index in [2.05, 4.69) is 76.8 Å². The molecule has 40 heavy (non-hydrogen) atoms. The second kappa shape index (κ2) is 12.9. The number of aryl methyl sites for hydroxylation is 1. The molecule has 0 saturated carbocycles. The van der Waals surface area contributed by atoms with E-state index in [1.54, 1.807) is 36.2 Å². The smallest absolute Gasteiger partial charge is 0.334 e. The number of benzene rings is 3. The molecule has 11 heteroatoms. The van der Waals surface area contributed by atoms with Crippen LogP contribution in [0.25, 0.3) is 5.70 Å². The van der Waals surface area contributed by atoms with Gasteiger partial charge in [-0.1, -0.05) is 42.1 Å². The third-order valence-corrected chi connectivity index (χ3v) is 8.70. The van der Waals surface area contributed by atoms with Crippen LogP contribution in [0, 0.1) is 14.1 Å². The normalized spacial score (nSPS) is 14.1. The zero-order valence-electron chi connectivity index (χ0n) is 21.2. The number of carbonyl (C=O) groups excluding carboxylic acids is 2. The molecule has 2 heterocycles. The summed E-state index contributed by atoms with van der Waals surface area (Å²) in [4.78, 5) is 32.4. The van der Waals surface area contributed by atoms with E-state index in [0.717, 1.165) is 34.6 Å². The first-order valence-corrected chi connectivity index (χ1v) is 15.3. The van der Waals surface area contributed by atoms with Crippen LogP contribution in [0.15, 0.2) is 96.7 Å². The van der Waals surface area contributed by atoms with Crippen LogP contribution >= 0.6 is 56.9 Å². The van der Waals surface area contributed by atoms with Gasteiger partial charge in [0.25, 0.3) is 0 Å². The van der Waals surface area contributed by atoms with E-state index in [4.69, 9.17) is 0 Å². The van der Waals surface area contributed by atoms with Gasteiger partial charge in [0.2, 0.25) is 0 Å². The second-order valence-corrected chi connectivity index (χ2v) is 12.0. The van der Waals surface area contributed by atoms with Crippen molar-refractivity contribution in [3.63, 3.8) is 0 Å². The van der Waals surface area contributed by atoms with Crippen LogP contribution in [0.3, 0.4) is 0 Å². The SMILES string of the molecule is Cc1ccc(NC(=O)N(C(=O)Nc2ccccc2I)c2ccccc2I)cc1NC1NC(c2cccnc2)=CS1. The summed E-state index contributed by atoms with van der Waals surface area (Å²) in [6.45, 7) is 2.00. The summed E-state index contributed by atoms with van der Waals surface area (Å²) in [5.74, 6) is 0. The molecule has 1 aromatic heterocycles. The highest BCUT2D eigenvalue weighted by molar-refractivity contribution is 14.1. The quantitative estimate of drug-likeness (QED) is 0.149. The predicted molar refractivity (Wildman–Crippen MR) is 180 cm³/mol. The molecule has 8 nitrogen and oxygen atoms in total. The number of aromatic nitrogens is 1. The van der Waals surface area contributed by atoms with Crippen molar-refractivity contribution >= 4 is 97.5 Å². The number of imide groups is 1. The summed E-state index contributed by atoms with van der Waals surface area (Å²) in [6.07, 6.45) is 3.56. The third kappa shape index (κ3) is 6.70. The number of nitrogens with zero attached hydrogens (tertiary/aromatic N) is 2. The molecule has 4 amide bonds. The summed E-state index contributed by atoms with van der Waals surface area (Å²) in [6, 6.07) is 23.1. The molecule has 0 bridgehead atoms. The molecule has 1 aliphatic rings. The van der Waals surface area contributed by atoms with Crippen molar-refractivity contribution in [3.05, 3.63) is 115 Å². The molecule has 0 aliphatic carbocycles. The first-order chi connectivity index (χ1) is 19.4. The number of rotatable bonds is 6. The molecule has 4 N–H and O–H groups in total. The van der Waals surface area contributed by atoms with Crippen molar-refractivity contribution in [2.45, 2.75) is 12.4 Å². The van der Waals surface area contributed by atoms with E-state index in [1.165, 1.54) is 0 Å². The number of pyridine rings is 1. The minimum atomic E-state index is -0.573. The Balaban J connectivity index is 1.33. The lowest BCUT2D eigenvalue weighted by Gasteiger charge is -2.24. The Labute approximate surface area is 263 Å². The first-order valence-electron chi connectivity index (χ1n) is 12.2. The highest BCUT2D eigenvalue weighted by Gasteiger charge is 2.26. The minimum absolute atomic E-state index is 0.0959. The molecule has 1 atom stereocenters. The number of hydrogen-bond donors (Lipinski definition) is 4. The molecular weight excluding hydrogens is 750 g/mol. The molecule has 1 unspecified atom stereocenters. The Hall–Kier alpha value is -3.30. The zero-order valence-corrected chi connectivity index (χ0v) is 26.3. The topological polar surface area (TPSA) is 98.4 Å². The Kier molecular flexibility index (Phi) is 9.11.